The maximum Gasteiger partial charge on any atom is 0.323 e. The topological polar surface area (TPSA) is 98.3 Å². The van der Waals surface area contributed by atoms with Gasteiger partial charge in [0.05, 0.1) is 6.04 Å². The average molecular weight is 288 g/mol. The van der Waals surface area contributed by atoms with Crippen molar-refractivity contribution in [3.63, 3.8) is 0 Å². The summed E-state index contributed by atoms with van der Waals surface area (Å²) >= 11 is 0. The Balaban J connectivity index is 2.13. The Labute approximate surface area is 121 Å². The smallest absolute Gasteiger partial charge is 0.323 e. The van der Waals surface area contributed by atoms with Crippen molar-refractivity contribution < 1.29 is 14.7 Å². The van der Waals surface area contributed by atoms with Crippen molar-refractivity contribution in [2.45, 2.75) is 13.0 Å². The number of carbonyl (C=O) groups is 2. The molecule has 7 heteroatoms. The molecule has 0 fully saturated rings. The molecule has 0 saturated heterocycles. The zero-order valence-corrected chi connectivity index (χ0v) is 11.5. The summed E-state index contributed by atoms with van der Waals surface area (Å²) in [4.78, 5) is 31.4. The van der Waals surface area contributed by atoms with Crippen LogP contribution in [0.25, 0.3) is 0 Å². The van der Waals surface area contributed by atoms with E-state index in [0.717, 1.165) is 0 Å². The fraction of sp³-hybridized carbons (Fsp3) is 0.214. The Hall–Kier alpha value is -2.83. The van der Waals surface area contributed by atoms with Crippen LogP contribution in [0.5, 0.6) is 0 Å². The number of imidazole rings is 1. The fourth-order valence-corrected chi connectivity index (χ4v) is 1.87. The van der Waals surface area contributed by atoms with Gasteiger partial charge in [0.15, 0.2) is 0 Å². The average Bonchev–Trinajstić information content (AvgIpc) is 2.99. The van der Waals surface area contributed by atoms with E-state index >= 15 is 0 Å². The van der Waals surface area contributed by atoms with Crippen LogP contribution in [-0.4, -0.2) is 33.6 Å². The number of benzene rings is 1. The molecule has 1 aromatic heterocycles. The number of nitrogens with one attached hydrogen (secondary N) is 2. The third-order valence-electron chi connectivity index (χ3n) is 2.88. The molecule has 0 radical (unpaired) electrons. The second-order valence-corrected chi connectivity index (χ2v) is 4.46. The summed E-state index contributed by atoms with van der Waals surface area (Å²) in [6.07, 6.45) is 3.24. The number of hydrogen-bond donors (Lipinski definition) is 3. The number of anilines is 1. The molecule has 1 unspecified atom stereocenters. The number of H-pyrrole nitrogens is 1. The highest BCUT2D eigenvalue weighted by Crippen LogP contribution is 2.14. The van der Waals surface area contributed by atoms with E-state index in [1.807, 2.05) is 0 Å². The Kier molecular flexibility index (Phi) is 4.55. The van der Waals surface area contributed by atoms with Gasteiger partial charge in [-0.1, -0.05) is 18.2 Å². The SMILES string of the molecule is CC(NC(=O)N(CC(=O)O)c1ccccc1)c1ncc[nH]1. The lowest BCUT2D eigenvalue weighted by molar-refractivity contribution is -0.135. The molecule has 0 aliphatic rings. The van der Waals surface area contributed by atoms with E-state index in [9.17, 15) is 9.59 Å². The van der Waals surface area contributed by atoms with E-state index in [2.05, 4.69) is 15.3 Å². The minimum Gasteiger partial charge on any atom is -0.480 e. The molecule has 2 aromatic rings. The summed E-state index contributed by atoms with van der Waals surface area (Å²) in [5, 5.41) is 11.7. The van der Waals surface area contributed by atoms with E-state index in [-0.39, 0.29) is 6.04 Å². The van der Waals surface area contributed by atoms with Gasteiger partial charge in [-0.25, -0.2) is 9.78 Å². The predicted molar refractivity (Wildman–Crippen MR) is 77.0 cm³/mol. The van der Waals surface area contributed by atoms with Gasteiger partial charge in [-0.3, -0.25) is 9.69 Å². The molecule has 7 nitrogen and oxygen atoms in total. The molecule has 110 valence electrons. The molecule has 0 aliphatic carbocycles. The van der Waals surface area contributed by atoms with Crippen molar-refractivity contribution in [1.82, 2.24) is 15.3 Å². The maximum atomic E-state index is 12.3. The van der Waals surface area contributed by atoms with Crippen LogP contribution < -0.4 is 10.2 Å². The van der Waals surface area contributed by atoms with Crippen molar-refractivity contribution in [3.8, 4) is 0 Å². The lowest BCUT2D eigenvalue weighted by Crippen LogP contribution is -2.44. The summed E-state index contributed by atoms with van der Waals surface area (Å²) in [6.45, 7) is 1.35. The van der Waals surface area contributed by atoms with Crippen LogP contribution in [-0.2, 0) is 4.79 Å². The van der Waals surface area contributed by atoms with Crippen LogP contribution in [0.3, 0.4) is 0 Å². The molecular formula is C14H16N4O3. The summed E-state index contributed by atoms with van der Waals surface area (Å²) in [7, 11) is 0. The molecule has 0 spiro atoms. The Morgan fingerprint density at radius 1 is 1.38 bits per heavy atom. The number of para-hydroxylation sites is 1. The number of aromatic amines is 1. The van der Waals surface area contributed by atoms with Gasteiger partial charge in [0.1, 0.15) is 12.4 Å². The number of amides is 2. The second kappa shape index (κ2) is 6.56. The summed E-state index contributed by atoms with van der Waals surface area (Å²) in [5.41, 5.74) is 0.518. The molecule has 2 amide bonds. The van der Waals surface area contributed by atoms with Crippen molar-refractivity contribution in [3.05, 3.63) is 48.5 Å². The van der Waals surface area contributed by atoms with Gasteiger partial charge in [-0.05, 0) is 19.1 Å². The minimum absolute atomic E-state index is 0.354. The number of urea groups is 1. The van der Waals surface area contributed by atoms with E-state index in [4.69, 9.17) is 5.11 Å². The first-order valence-electron chi connectivity index (χ1n) is 6.42. The first-order chi connectivity index (χ1) is 10.1. The number of nitrogens with zero attached hydrogens (tertiary/aromatic N) is 2. The van der Waals surface area contributed by atoms with E-state index in [0.29, 0.717) is 11.5 Å². The Morgan fingerprint density at radius 2 is 2.10 bits per heavy atom. The van der Waals surface area contributed by atoms with Gasteiger partial charge < -0.3 is 15.4 Å². The predicted octanol–water partition coefficient (Wildman–Crippen LogP) is 1.77. The molecule has 3 N–H and O–H groups in total. The normalized spacial score (nSPS) is 11.7. The number of carboxylic acid groups (broad SMARTS) is 1. The van der Waals surface area contributed by atoms with E-state index < -0.39 is 18.5 Å². The molecule has 2 rings (SSSR count). The van der Waals surface area contributed by atoms with E-state index in [1.54, 1.807) is 49.6 Å². The third kappa shape index (κ3) is 3.82. The molecule has 1 heterocycles. The number of aromatic nitrogens is 2. The monoisotopic (exact) mass is 288 g/mol. The lowest BCUT2D eigenvalue weighted by atomic mass is 10.3. The first kappa shape index (κ1) is 14.6. The van der Waals surface area contributed by atoms with Crippen molar-refractivity contribution in [1.29, 1.82) is 0 Å². The molecule has 21 heavy (non-hydrogen) atoms. The van der Waals surface area contributed by atoms with Gasteiger partial charge >= 0.3 is 12.0 Å². The van der Waals surface area contributed by atoms with Crippen molar-refractivity contribution >= 4 is 17.7 Å². The number of rotatable bonds is 5. The summed E-state index contributed by atoms with van der Waals surface area (Å²) in [6, 6.07) is 7.80. The minimum atomic E-state index is -1.08. The van der Waals surface area contributed by atoms with Crippen molar-refractivity contribution in [2.24, 2.45) is 0 Å². The van der Waals surface area contributed by atoms with Crippen LogP contribution >= 0.6 is 0 Å². The number of carboxylic acids is 1. The molecule has 0 saturated carbocycles. The standard InChI is InChI=1S/C14H16N4O3/c1-10(13-15-7-8-16-13)17-14(21)18(9-12(19)20)11-5-3-2-4-6-11/h2-8,10H,9H2,1H3,(H,15,16)(H,17,21)(H,19,20). The van der Waals surface area contributed by atoms with Crippen LogP contribution in [0.2, 0.25) is 0 Å². The maximum absolute atomic E-state index is 12.3. The highest BCUT2D eigenvalue weighted by molar-refractivity contribution is 5.96. The van der Waals surface area contributed by atoms with Gasteiger partial charge in [0.2, 0.25) is 0 Å². The molecule has 0 aliphatic heterocycles. The quantitative estimate of drug-likeness (QED) is 0.781. The van der Waals surface area contributed by atoms with Gasteiger partial charge in [-0.15, -0.1) is 0 Å². The van der Waals surface area contributed by atoms with Gasteiger partial charge in [-0.2, -0.15) is 0 Å². The van der Waals surface area contributed by atoms with Crippen LogP contribution in [0, 0.1) is 0 Å². The van der Waals surface area contributed by atoms with Crippen molar-refractivity contribution in [2.75, 3.05) is 11.4 Å². The Morgan fingerprint density at radius 3 is 2.67 bits per heavy atom. The highest BCUT2D eigenvalue weighted by atomic mass is 16.4. The second-order valence-electron chi connectivity index (χ2n) is 4.46. The zero-order valence-electron chi connectivity index (χ0n) is 11.5. The van der Waals surface area contributed by atoms with Crippen LogP contribution in [0.15, 0.2) is 42.7 Å². The fourth-order valence-electron chi connectivity index (χ4n) is 1.87. The Bertz CT molecular complexity index is 598. The number of aliphatic carboxylic acids is 1. The molecule has 1 aromatic carbocycles. The molecule has 0 bridgehead atoms. The van der Waals surface area contributed by atoms with Gasteiger partial charge in [0.25, 0.3) is 0 Å². The number of hydrogen-bond acceptors (Lipinski definition) is 3. The van der Waals surface area contributed by atoms with Crippen LogP contribution in [0.4, 0.5) is 10.5 Å². The largest absolute Gasteiger partial charge is 0.480 e. The third-order valence-corrected chi connectivity index (χ3v) is 2.88. The lowest BCUT2D eigenvalue weighted by Gasteiger charge is -2.23. The number of carbonyl (C=O) groups excluding carboxylic acids is 1. The first-order valence-corrected chi connectivity index (χ1v) is 6.42. The summed E-state index contributed by atoms with van der Waals surface area (Å²) in [5.74, 6) is -0.480. The van der Waals surface area contributed by atoms with E-state index in [1.165, 1.54) is 4.90 Å². The van der Waals surface area contributed by atoms with Crippen LogP contribution in [0.1, 0.15) is 18.8 Å². The zero-order chi connectivity index (χ0) is 15.2. The molecule has 1 atom stereocenters. The highest BCUT2D eigenvalue weighted by Gasteiger charge is 2.21. The molecular weight excluding hydrogens is 272 g/mol. The summed E-state index contributed by atoms with van der Waals surface area (Å²) < 4.78 is 0. The van der Waals surface area contributed by atoms with Gasteiger partial charge in [0, 0.05) is 18.1 Å².